The molecule has 0 aliphatic carbocycles. The lowest BCUT2D eigenvalue weighted by atomic mass is 10.2. The molecule has 0 radical (unpaired) electrons. The maximum absolute atomic E-state index is 5.71. The summed E-state index contributed by atoms with van der Waals surface area (Å²) in [5.74, 6) is 2.42. The average Bonchev–Trinajstić information content (AvgIpc) is 2.84. The zero-order chi connectivity index (χ0) is 23.4. The van der Waals surface area contributed by atoms with Crippen molar-refractivity contribution in [3.63, 3.8) is 0 Å². The summed E-state index contributed by atoms with van der Waals surface area (Å²) in [5, 5.41) is 0. The summed E-state index contributed by atoms with van der Waals surface area (Å²) < 4.78 is 21.7. The molecule has 9 heteroatoms. The quantitative estimate of drug-likeness (QED) is 0.195. The predicted molar refractivity (Wildman–Crippen MR) is 132 cm³/mol. The molecule has 0 aromatic rings. The molecule has 2 heterocycles. The van der Waals surface area contributed by atoms with E-state index in [1.54, 1.807) is 0 Å². The highest BCUT2D eigenvalue weighted by molar-refractivity contribution is 4.82. The van der Waals surface area contributed by atoms with Crippen molar-refractivity contribution in [3.05, 3.63) is 0 Å². The van der Waals surface area contributed by atoms with E-state index in [2.05, 4.69) is 25.5 Å². The maximum Gasteiger partial charge on any atom is 0.107 e. The van der Waals surface area contributed by atoms with Gasteiger partial charge in [-0.25, -0.2) is 0 Å². The summed E-state index contributed by atoms with van der Waals surface area (Å²) in [4.78, 5) is 10.2. The highest BCUT2D eigenvalue weighted by Crippen LogP contribution is 2.05. The first kappa shape index (κ1) is 28.4. The van der Waals surface area contributed by atoms with Crippen LogP contribution in [0.4, 0.5) is 0 Å². The Morgan fingerprint density at radius 1 is 0.545 bits per heavy atom. The van der Waals surface area contributed by atoms with Crippen molar-refractivity contribution < 1.29 is 18.9 Å². The van der Waals surface area contributed by atoms with Gasteiger partial charge >= 0.3 is 0 Å². The van der Waals surface area contributed by atoms with E-state index >= 15 is 0 Å². The van der Waals surface area contributed by atoms with E-state index < -0.39 is 0 Å². The highest BCUT2D eigenvalue weighted by Gasteiger charge is 2.18. The third-order valence-corrected chi connectivity index (χ3v) is 6.18. The van der Waals surface area contributed by atoms with Crippen molar-refractivity contribution in [2.45, 2.75) is 6.42 Å². The Morgan fingerprint density at radius 2 is 0.939 bits per heavy atom. The van der Waals surface area contributed by atoms with E-state index in [9.17, 15) is 0 Å². The van der Waals surface area contributed by atoms with Gasteiger partial charge in [0.2, 0.25) is 0 Å². The summed E-state index contributed by atoms with van der Waals surface area (Å²) in [6.07, 6.45) is 6.37. The van der Waals surface area contributed by atoms with E-state index in [4.69, 9.17) is 31.1 Å². The highest BCUT2D eigenvalue weighted by atomic mass is 16.6. The molecular formula is C24H47N5O4. The molecule has 9 nitrogen and oxygen atoms in total. The van der Waals surface area contributed by atoms with Crippen LogP contribution in [0.3, 0.4) is 0 Å². The number of hydrogen-bond acceptors (Lipinski definition) is 9. The Morgan fingerprint density at radius 3 is 1.39 bits per heavy atom. The van der Waals surface area contributed by atoms with Crippen molar-refractivity contribution in [2.75, 3.05) is 138 Å². The molecule has 0 atom stereocenters. The van der Waals surface area contributed by atoms with Crippen LogP contribution in [0.25, 0.3) is 0 Å². The molecule has 2 N–H and O–H groups in total. The van der Waals surface area contributed by atoms with Crippen LogP contribution in [0, 0.1) is 12.3 Å². The van der Waals surface area contributed by atoms with E-state index in [0.29, 0.717) is 46.2 Å². The van der Waals surface area contributed by atoms with Gasteiger partial charge in [0.05, 0.1) is 46.2 Å². The number of rotatable bonds is 19. The first-order valence-electron chi connectivity index (χ1n) is 12.7. The van der Waals surface area contributed by atoms with Crippen molar-refractivity contribution in [2.24, 2.45) is 5.73 Å². The molecule has 0 amide bonds. The lowest BCUT2D eigenvalue weighted by molar-refractivity contribution is -0.00262. The number of ether oxygens (including phenoxy) is 4. The largest absolute Gasteiger partial charge is 0.378 e. The minimum atomic E-state index is 0.335. The smallest absolute Gasteiger partial charge is 0.107 e. The SMILES string of the molecule is C#CCOCCOCCOCCOCCN1CCN(CCCN2CCN(CCN)CC2)CC1. The Labute approximate surface area is 201 Å². The van der Waals surface area contributed by atoms with E-state index in [0.717, 1.165) is 39.3 Å². The van der Waals surface area contributed by atoms with Gasteiger partial charge in [0.15, 0.2) is 0 Å². The average molecular weight is 470 g/mol. The lowest BCUT2D eigenvalue weighted by Crippen LogP contribution is -2.49. The van der Waals surface area contributed by atoms with Crippen LogP contribution in [-0.4, -0.2) is 158 Å². The normalized spacial score (nSPS) is 19.2. The summed E-state index contributed by atoms with van der Waals surface area (Å²) >= 11 is 0. The molecule has 33 heavy (non-hydrogen) atoms. The molecule has 2 saturated heterocycles. The number of nitrogens with two attached hydrogens (primary N) is 1. The Kier molecular flexibility index (Phi) is 16.8. The molecule has 2 aliphatic heterocycles. The van der Waals surface area contributed by atoms with Crippen molar-refractivity contribution in [3.8, 4) is 12.3 Å². The first-order chi connectivity index (χ1) is 16.3. The molecule has 2 aliphatic rings. The van der Waals surface area contributed by atoms with Crippen LogP contribution in [0.15, 0.2) is 0 Å². The first-order valence-corrected chi connectivity index (χ1v) is 12.7. The second-order valence-corrected chi connectivity index (χ2v) is 8.60. The second kappa shape index (κ2) is 19.5. The van der Waals surface area contributed by atoms with Crippen LogP contribution >= 0.6 is 0 Å². The number of terminal acetylenes is 1. The van der Waals surface area contributed by atoms with Crippen LogP contribution in [0.2, 0.25) is 0 Å². The fourth-order valence-corrected chi connectivity index (χ4v) is 4.16. The number of nitrogens with zero attached hydrogens (tertiary/aromatic N) is 4. The van der Waals surface area contributed by atoms with Gasteiger partial charge in [0.1, 0.15) is 6.61 Å². The second-order valence-electron chi connectivity index (χ2n) is 8.60. The van der Waals surface area contributed by atoms with Gasteiger partial charge in [-0.2, -0.15) is 0 Å². The third kappa shape index (κ3) is 14.3. The lowest BCUT2D eigenvalue weighted by Gasteiger charge is -2.36. The zero-order valence-electron chi connectivity index (χ0n) is 20.6. The van der Waals surface area contributed by atoms with Gasteiger partial charge < -0.3 is 34.5 Å². The van der Waals surface area contributed by atoms with Gasteiger partial charge in [-0.1, -0.05) is 5.92 Å². The van der Waals surface area contributed by atoms with Crippen molar-refractivity contribution in [1.82, 2.24) is 19.6 Å². The van der Waals surface area contributed by atoms with Crippen LogP contribution < -0.4 is 5.73 Å². The molecule has 192 valence electrons. The summed E-state index contributed by atoms with van der Waals surface area (Å²) in [7, 11) is 0. The van der Waals surface area contributed by atoms with E-state index in [-0.39, 0.29) is 0 Å². The summed E-state index contributed by atoms with van der Waals surface area (Å²) in [6, 6.07) is 0. The summed E-state index contributed by atoms with van der Waals surface area (Å²) in [5.41, 5.74) is 5.66. The Hall–Kier alpha value is -0.800. The van der Waals surface area contributed by atoms with E-state index in [1.165, 1.54) is 58.8 Å². The maximum atomic E-state index is 5.71. The molecule has 0 saturated carbocycles. The predicted octanol–water partition coefficient (Wildman–Crippen LogP) is -0.730. The minimum absolute atomic E-state index is 0.335. The van der Waals surface area contributed by atoms with Crippen LogP contribution in [0.5, 0.6) is 0 Å². The molecule has 2 rings (SSSR count). The van der Waals surface area contributed by atoms with Crippen LogP contribution in [0.1, 0.15) is 6.42 Å². The van der Waals surface area contributed by atoms with Crippen LogP contribution in [-0.2, 0) is 18.9 Å². The molecular weight excluding hydrogens is 422 g/mol. The van der Waals surface area contributed by atoms with Gasteiger partial charge in [-0.3, -0.25) is 9.80 Å². The molecule has 0 aromatic carbocycles. The summed E-state index contributed by atoms with van der Waals surface area (Å²) in [6.45, 7) is 19.1. The van der Waals surface area contributed by atoms with Gasteiger partial charge in [-0.05, 0) is 19.5 Å². The molecule has 0 aromatic heterocycles. The zero-order valence-corrected chi connectivity index (χ0v) is 20.6. The van der Waals surface area contributed by atoms with Gasteiger partial charge in [0, 0.05) is 72.0 Å². The monoisotopic (exact) mass is 469 g/mol. The van der Waals surface area contributed by atoms with E-state index in [1.807, 2.05) is 0 Å². The number of hydrogen-bond donors (Lipinski definition) is 1. The van der Waals surface area contributed by atoms with Gasteiger partial charge in [0.25, 0.3) is 0 Å². The topological polar surface area (TPSA) is 75.9 Å². The third-order valence-electron chi connectivity index (χ3n) is 6.18. The molecule has 2 fully saturated rings. The minimum Gasteiger partial charge on any atom is -0.378 e. The Bertz CT molecular complexity index is 492. The van der Waals surface area contributed by atoms with Crippen molar-refractivity contribution >= 4 is 0 Å². The van der Waals surface area contributed by atoms with Crippen molar-refractivity contribution in [1.29, 1.82) is 0 Å². The molecule has 0 unspecified atom stereocenters. The number of piperazine rings is 2. The van der Waals surface area contributed by atoms with Gasteiger partial charge in [-0.15, -0.1) is 6.42 Å². The standard InChI is InChI=1S/C24H47N5O4/c1-2-17-30-19-21-32-23-24-33-22-20-31-18-16-29-14-10-27(11-15-29)6-3-5-26-8-12-28(7-4-25)13-9-26/h1H,3-25H2. The molecule has 0 spiro atoms. The molecule has 0 bridgehead atoms. The fraction of sp³-hybridized carbons (Fsp3) is 0.917. The Balaban J connectivity index is 1.32. The fourth-order valence-electron chi connectivity index (χ4n) is 4.16.